The highest BCUT2D eigenvalue weighted by atomic mass is 32.1. The summed E-state index contributed by atoms with van der Waals surface area (Å²) in [7, 11) is 0. The van der Waals surface area contributed by atoms with Gasteiger partial charge in [0, 0.05) is 16.1 Å². The van der Waals surface area contributed by atoms with Crippen LogP contribution < -0.4 is 5.56 Å². The van der Waals surface area contributed by atoms with E-state index in [0.717, 1.165) is 47.1 Å². The van der Waals surface area contributed by atoms with E-state index in [1.165, 1.54) is 30.6 Å². The number of thiophene rings is 1. The maximum absolute atomic E-state index is 12.4. The quantitative estimate of drug-likeness (QED) is 0.774. The fourth-order valence-corrected chi connectivity index (χ4v) is 4.18. The van der Waals surface area contributed by atoms with Crippen molar-refractivity contribution < 1.29 is 0 Å². The van der Waals surface area contributed by atoms with Gasteiger partial charge in [-0.25, -0.2) is 4.98 Å². The Labute approximate surface area is 137 Å². The Hall–Kier alpha value is -1.99. The van der Waals surface area contributed by atoms with Gasteiger partial charge in [0.15, 0.2) is 0 Å². The Morgan fingerprint density at radius 3 is 2.87 bits per heavy atom. The first-order chi connectivity index (χ1) is 11.2. The largest absolute Gasteiger partial charge is 0.308 e. The lowest BCUT2D eigenvalue weighted by Gasteiger charge is -2.25. The van der Waals surface area contributed by atoms with Gasteiger partial charge >= 0.3 is 0 Å². The van der Waals surface area contributed by atoms with Crippen LogP contribution in [0.25, 0.3) is 20.7 Å². The lowest BCUT2D eigenvalue weighted by molar-refractivity contribution is 0.216. The first-order valence-electron chi connectivity index (χ1n) is 7.96. The van der Waals surface area contributed by atoms with Crippen molar-refractivity contribution in [2.24, 2.45) is 0 Å². The van der Waals surface area contributed by atoms with Crippen molar-refractivity contribution in [1.29, 1.82) is 0 Å². The first kappa shape index (κ1) is 14.6. The Morgan fingerprint density at radius 1 is 1.30 bits per heavy atom. The van der Waals surface area contributed by atoms with Crippen LogP contribution in [0.15, 0.2) is 17.1 Å². The second-order valence-corrected chi connectivity index (χ2v) is 7.14. The van der Waals surface area contributed by atoms with E-state index in [2.05, 4.69) is 25.1 Å². The number of rotatable bonds is 3. The summed E-state index contributed by atoms with van der Waals surface area (Å²) >= 11 is 1.47. The smallest absolute Gasteiger partial charge is 0.268 e. The summed E-state index contributed by atoms with van der Waals surface area (Å²) in [6.45, 7) is 4.88. The first-order valence-corrected chi connectivity index (χ1v) is 8.78. The molecular formula is C16H19N5OS. The van der Waals surface area contributed by atoms with Crippen LogP contribution in [0.1, 0.15) is 30.8 Å². The van der Waals surface area contributed by atoms with Crippen LogP contribution >= 0.6 is 11.3 Å². The van der Waals surface area contributed by atoms with Crippen LogP contribution in [0.2, 0.25) is 0 Å². The van der Waals surface area contributed by atoms with E-state index >= 15 is 0 Å². The molecule has 2 N–H and O–H groups in total. The fourth-order valence-electron chi connectivity index (χ4n) is 3.12. The molecule has 23 heavy (non-hydrogen) atoms. The molecule has 1 fully saturated rings. The Bertz CT molecular complexity index is 887. The van der Waals surface area contributed by atoms with Gasteiger partial charge in [-0.1, -0.05) is 6.42 Å². The normalized spacial score (nSPS) is 16.2. The molecule has 3 aromatic rings. The summed E-state index contributed by atoms with van der Waals surface area (Å²) in [5.41, 5.74) is 2.77. The number of H-pyrrole nitrogens is 2. The Morgan fingerprint density at radius 2 is 2.13 bits per heavy atom. The van der Waals surface area contributed by atoms with Gasteiger partial charge in [-0.05, 0) is 38.9 Å². The number of likely N-dealkylation sites (tertiary alicyclic amines) is 1. The maximum atomic E-state index is 12.4. The zero-order valence-electron chi connectivity index (χ0n) is 13.1. The van der Waals surface area contributed by atoms with Gasteiger partial charge in [0.05, 0.1) is 18.3 Å². The van der Waals surface area contributed by atoms with Gasteiger partial charge in [0.2, 0.25) is 0 Å². The molecule has 0 unspecified atom stereocenters. The highest BCUT2D eigenvalue weighted by Gasteiger charge is 2.15. The summed E-state index contributed by atoms with van der Waals surface area (Å²) in [4.78, 5) is 23.4. The van der Waals surface area contributed by atoms with Gasteiger partial charge in [-0.3, -0.25) is 14.8 Å². The van der Waals surface area contributed by atoms with Crippen LogP contribution in [-0.2, 0) is 6.54 Å². The molecular weight excluding hydrogens is 310 g/mol. The van der Waals surface area contributed by atoms with E-state index in [1.807, 2.05) is 13.0 Å². The topological polar surface area (TPSA) is 77.7 Å². The van der Waals surface area contributed by atoms with E-state index in [4.69, 9.17) is 0 Å². The lowest BCUT2D eigenvalue weighted by atomic mass is 10.1. The minimum Gasteiger partial charge on any atom is -0.308 e. The molecule has 0 aliphatic carbocycles. The van der Waals surface area contributed by atoms with Crippen molar-refractivity contribution in [2.75, 3.05) is 13.1 Å². The van der Waals surface area contributed by atoms with Gasteiger partial charge in [0.25, 0.3) is 5.56 Å². The molecule has 0 atom stereocenters. The van der Waals surface area contributed by atoms with E-state index in [0.29, 0.717) is 4.70 Å². The molecule has 3 aromatic heterocycles. The second-order valence-electron chi connectivity index (χ2n) is 6.08. The number of nitrogens with one attached hydrogen (secondary N) is 2. The number of aromatic nitrogens is 4. The molecule has 1 aliphatic heterocycles. The summed E-state index contributed by atoms with van der Waals surface area (Å²) < 4.78 is 0.683. The molecule has 120 valence electrons. The number of aryl methyl sites for hydroxylation is 1. The molecule has 7 heteroatoms. The molecule has 6 nitrogen and oxygen atoms in total. The average molecular weight is 329 g/mol. The third kappa shape index (κ3) is 2.82. The van der Waals surface area contributed by atoms with E-state index < -0.39 is 0 Å². The minimum absolute atomic E-state index is 0.0422. The molecule has 1 saturated heterocycles. The molecule has 0 amide bonds. The molecule has 1 aliphatic rings. The summed E-state index contributed by atoms with van der Waals surface area (Å²) in [6.07, 6.45) is 5.56. The van der Waals surface area contributed by atoms with Crippen LogP contribution in [0, 0.1) is 6.92 Å². The van der Waals surface area contributed by atoms with Crippen LogP contribution in [-0.4, -0.2) is 38.2 Å². The van der Waals surface area contributed by atoms with Gasteiger partial charge in [-0.15, -0.1) is 11.3 Å². The van der Waals surface area contributed by atoms with Gasteiger partial charge in [0.1, 0.15) is 10.5 Å². The number of piperidine rings is 1. The van der Waals surface area contributed by atoms with E-state index in [-0.39, 0.29) is 5.56 Å². The summed E-state index contributed by atoms with van der Waals surface area (Å²) in [5, 5.41) is 6.99. The van der Waals surface area contributed by atoms with Crippen molar-refractivity contribution in [2.45, 2.75) is 32.7 Å². The fraction of sp³-hybridized carbons (Fsp3) is 0.438. The highest BCUT2D eigenvalue weighted by Crippen LogP contribution is 2.32. The molecule has 4 heterocycles. The third-order valence-corrected chi connectivity index (χ3v) is 5.51. The minimum atomic E-state index is -0.0422. The second kappa shape index (κ2) is 5.90. The van der Waals surface area contributed by atoms with Crippen molar-refractivity contribution in [1.82, 2.24) is 25.1 Å². The maximum Gasteiger partial charge on any atom is 0.268 e. The van der Waals surface area contributed by atoms with Gasteiger partial charge < -0.3 is 4.98 Å². The Balaban J connectivity index is 1.69. The predicted molar refractivity (Wildman–Crippen MR) is 91.7 cm³/mol. The zero-order chi connectivity index (χ0) is 15.8. The SMILES string of the molecule is Cc1[nH]ncc1-c1cc2nc(CN3CCCCC3)[nH]c(=O)c2s1. The van der Waals surface area contributed by atoms with Gasteiger partial charge in [-0.2, -0.15) is 5.10 Å². The molecule has 0 saturated carbocycles. The summed E-state index contributed by atoms with van der Waals surface area (Å²) in [5.74, 6) is 0.762. The van der Waals surface area contributed by atoms with Crippen LogP contribution in [0.4, 0.5) is 0 Å². The standard InChI is InChI=1S/C16H19N5OS/c1-10-11(8-17-20-10)13-7-12-15(23-13)16(22)19-14(18-12)9-21-5-3-2-4-6-21/h7-8H,2-6,9H2,1H3,(H,17,20)(H,18,19,22). The van der Waals surface area contributed by atoms with Crippen molar-refractivity contribution in [3.05, 3.63) is 34.1 Å². The van der Waals surface area contributed by atoms with Crippen molar-refractivity contribution >= 4 is 21.6 Å². The summed E-state index contributed by atoms with van der Waals surface area (Å²) in [6, 6.07) is 1.99. The third-order valence-electron chi connectivity index (χ3n) is 4.35. The number of nitrogens with zero attached hydrogens (tertiary/aromatic N) is 3. The van der Waals surface area contributed by atoms with Crippen molar-refractivity contribution in [3.8, 4) is 10.4 Å². The van der Waals surface area contributed by atoms with Crippen LogP contribution in [0.5, 0.6) is 0 Å². The number of hydrogen-bond donors (Lipinski definition) is 2. The predicted octanol–water partition coefficient (Wildman–Crippen LogP) is 2.67. The van der Waals surface area contributed by atoms with Crippen LogP contribution in [0.3, 0.4) is 0 Å². The number of aromatic amines is 2. The zero-order valence-corrected chi connectivity index (χ0v) is 13.9. The van der Waals surface area contributed by atoms with Crippen molar-refractivity contribution in [3.63, 3.8) is 0 Å². The molecule has 0 radical (unpaired) electrons. The average Bonchev–Trinajstić information content (AvgIpc) is 3.14. The molecule has 0 aromatic carbocycles. The Kier molecular flexibility index (Phi) is 3.74. The number of fused-ring (bicyclic) bond motifs is 1. The molecule has 4 rings (SSSR count). The van der Waals surface area contributed by atoms with E-state index in [9.17, 15) is 4.79 Å². The monoisotopic (exact) mass is 329 g/mol. The lowest BCUT2D eigenvalue weighted by Crippen LogP contribution is -2.30. The van der Waals surface area contributed by atoms with E-state index in [1.54, 1.807) is 6.20 Å². The number of hydrogen-bond acceptors (Lipinski definition) is 5. The highest BCUT2D eigenvalue weighted by molar-refractivity contribution is 7.22. The molecule has 0 spiro atoms. The molecule has 0 bridgehead atoms.